The van der Waals surface area contributed by atoms with E-state index in [1.807, 2.05) is 0 Å². The standard InChI is InChI=1S/C20H43N7O8/c21-2-1-11(28)19(32)27-10-7-9(24)17(16(31)18(10)33-6-5-26-4-3-22)35-20-13(25)15(30)14(29)12(8-23)34-20/h9-18,20,26,28-31H,1-8,21-25H2,(H,27,32)/t9?,10-,11+,12?,13?,14+,15-,16+,17+,18?,20+/m1/s1. The summed E-state index contributed by atoms with van der Waals surface area (Å²) in [6.45, 7) is 1.67. The maximum atomic E-state index is 12.4. The molecule has 0 aromatic rings. The summed E-state index contributed by atoms with van der Waals surface area (Å²) in [5.41, 5.74) is 28.7. The average Bonchev–Trinajstić information content (AvgIpc) is 2.83. The third kappa shape index (κ3) is 7.96. The highest BCUT2D eigenvalue weighted by Gasteiger charge is 2.49. The lowest BCUT2D eigenvalue weighted by molar-refractivity contribution is -0.289. The summed E-state index contributed by atoms with van der Waals surface area (Å²) in [6.07, 6.45) is -9.23. The Morgan fingerprint density at radius 2 is 1.74 bits per heavy atom. The molecule has 4 unspecified atom stereocenters. The smallest absolute Gasteiger partial charge is 0.249 e. The molecule has 1 amide bonds. The molecular formula is C20H43N7O8. The van der Waals surface area contributed by atoms with Crippen LogP contribution >= 0.6 is 0 Å². The number of nitrogens with two attached hydrogens (primary N) is 5. The van der Waals surface area contributed by atoms with E-state index in [9.17, 15) is 25.2 Å². The van der Waals surface area contributed by atoms with Gasteiger partial charge in [-0.1, -0.05) is 0 Å². The first-order chi connectivity index (χ1) is 16.7. The second-order valence-corrected chi connectivity index (χ2v) is 8.91. The summed E-state index contributed by atoms with van der Waals surface area (Å²) in [4.78, 5) is 12.4. The molecule has 206 valence electrons. The zero-order valence-electron chi connectivity index (χ0n) is 19.8. The van der Waals surface area contributed by atoms with Crippen LogP contribution in [-0.4, -0.2) is 133 Å². The Bertz CT molecular complexity index is 636. The highest BCUT2D eigenvalue weighted by molar-refractivity contribution is 5.80. The van der Waals surface area contributed by atoms with Gasteiger partial charge < -0.3 is 73.9 Å². The largest absolute Gasteiger partial charge is 0.388 e. The fourth-order valence-electron chi connectivity index (χ4n) is 4.26. The van der Waals surface area contributed by atoms with E-state index in [1.165, 1.54) is 0 Å². The van der Waals surface area contributed by atoms with Crippen molar-refractivity contribution in [2.24, 2.45) is 28.7 Å². The fourth-order valence-corrected chi connectivity index (χ4v) is 4.26. The molecule has 0 aromatic carbocycles. The number of rotatable bonds is 13. The van der Waals surface area contributed by atoms with Crippen molar-refractivity contribution in [2.45, 2.75) is 80.0 Å². The van der Waals surface area contributed by atoms with Crippen molar-refractivity contribution >= 4 is 5.91 Å². The molecule has 15 heteroatoms. The van der Waals surface area contributed by atoms with E-state index in [1.54, 1.807) is 0 Å². The highest BCUT2D eigenvalue weighted by Crippen LogP contribution is 2.29. The summed E-state index contributed by atoms with van der Waals surface area (Å²) in [7, 11) is 0. The van der Waals surface area contributed by atoms with Crippen LogP contribution in [0.1, 0.15) is 12.8 Å². The Labute approximate surface area is 204 Å². The Balaban J connectivity index is 2.13. The monoisotopic (exact) mass is 509 g/mol. The first kappa shape index (κ1) is 30.2. The number of amides is 1. The van der Waals surface area contributed by atoms with Gasteiger partial charge in [0, 0.05) is 32.2 Å². The van der Waals surface area contributed by atoms with Crippen LogP contribution in [-0.2, 0) is 19.0 Å². The van der Waals surface area contributed by atoms with E-state index in [4.69, 9.17) is 42.9 Å². The van der Waals surface area contributed by atoms with Gasteiger partial charge in [0.05, 0.1) is 18.7 Å². The number of aliphatic hydroxyl groups is 4. The summed E-state index contributed by atoms with van der Waals surface area (Å²) >= 11 is 0. The zero-order chi connectivity index (χ0) is 26.1. The van der Waals surface area contributed by atoms with Crippen LogP contribution in [0.3, 0.4) is 0 Å². The number of aliphatic hydroxyl groups excluding tert-OH is 4. The number of hydrogen-bond donors (Lipinski definition) is 11. The molecular weight excluding hydrogens is 466 g/mol. The molecule has 11 atom stereocenters. The molecule has 1 aliphatic carbocycles. The van der Waals surface area contributed by atoms with Gasteiger partial charge in [-0.2, -0.15) is 0 Å². The van der Waals surface area contributed by atoms with Crippen LogP contribution in [0.4, 0.5) is 0 Å². The van der Waals surface area contributed by atoms with Crippen molar-refractivity contribution in [3.63, 3.8) is 0 Å². The Morgan fingerprint density at radius 1 is 1.03 bits per heavy atom. The molecule has 1 aliphatic heterocycles. The Kier molecular flexibility index (Phi) is 12.6. The summed E-state index contributed by atoms with van der Waals surface area (Å²) in [5, 5.41) is 47.2. The van der Waals surface area contributed by atoms with Gasteiger partial charge in [0.15, 0.2) is 6.29 Å². The maximum absolute atomic E-state index is 12.4. The maximum Gasteiger partial charge on any atom is 0.249 e. The van der Waals surface area contributed by atoms with Crippen LogP contribution in [0.2, 0.25) is 0 Å². The van der Waals surface area contributed by atoms with E-state index in [-0.39, 0.29) is 32.5 Å². The normalized spacial score (nSPS) is 38.8. The number of carbonyl (C=O) groups excluding carboxylic acids is 1. The number of carbonyl (C=O) groups is 1. The second-order valence-electron chi connectivity index (χ2n) is 8.91. The molecule has 35 heavy (non-hydrogen) atoms. The lowest BCUT2D eigenvalue weighted by Gasteiger charge is -2.47. The molecule has 0 aromatic heterocycles. The zero-order valence-corrected chi connectivity index (χ0v) is 19.8. The van der Waals surface area contributed by atoms with Gasteiger partial charge in [0.2, 0.25) is 5.91 Å². The quantitative estimate of drug-likeness (QED) is 0.103. The van der Waals surface area contributed by atoms with Crippen LogP contribution in [0, 0.1) is 0 Å². The molecule has 2 rings (SSSR count). The number of ether oxygens (including phenoxy) is 3. The fraction of sp³-hybridized carbons (Fsp3) is 0.950. The van der Waals surface area contributed by atoms with Crippen LogP contribution in [0.15, 0.2) is 0 Å². The first-order valence-electron chi connectivity index (χ1n) is 11.9. The summed E-state index contributed by atoms with van der Waals surface area (Å²) in [6, 6.07) is -2.66. The third-order valence-corrected chi connectivity index (χ3v) is 6.27. The summed E-state index contributed by atoms with van der Waals surface area (Å²) in [5.74, 6) is -0.658. The van der Waals surface area contributed by atoms with E-state index in [2.05, 4.69) is 10.6 Å². The Morgan fingerprint density at radius 3 is 2.37 bits per heavy atom. The SMILES string of the molecule is NCCNCCOC1[C@@H](O)[C@@H](O[C@@H]2OC(CN)[C@H](O)[C@H](O)C2N)C(N)C[C@H]1NC(=O)[C@@H](O)CCN. The van der Waals surface area contributed by atoms with Crippen molar-refractivity contribution in [3.05, 3.63) is 0 Å². The van der Waals surface area contributed by atoms with Gasteiger partial charge >= 0.3 is 0 Å². The number of nitrogens with one attached hydrogen (secondary N) is 2. The molecule has 1 heterocycles. The lowest BCUT2D eigenvalue weighted by Crippen LogP contribution is -2.68. The van der Waals surface area contributed by atoms with Crippen molar-refractivity contribution in [3.8, 4) is 0 Å². The second kappa shape index (κ2) is 14.6. The first-order valence-corrected chi connectivity index (χ1v) is 11.9. The minimum Gasteiger partial charge on any atom is -0.388 e. The van der Waals surface area contributed by atoms with E-state index in [0.29, 0.717) is 19.6 Å². The van der Waals surface area contributed by atoms with E-state index < -0.39 is 73.1 Å². The topological polar surface area (TPSA) is 280 Å². The van der Waals surface area contributed by atoms with Gasteiger partial charge in [-0.3, -0.25) is 4.79 Å². The van der Waals surface area contributed by atoms with Crippen molar-refractivity contribution in [2.75, 3.05) is 39.3 Å². The predicted octanol–water partition coefficient (Wildman–Crippen LogP) is -6.68. The van der Waals surface area contributed by atoms with E-state index >= 15 is 0 Å². The van der Waals surface area contributed by atoms with Gasteiger partial charge in [0.25, 0.3) is 0 Å². The van der Waals surface area contributed by atoms with Crippen molar-refractivity contribution < 1.29 is 39.4 Å². The average molecular weight is 510 g/mol. The van der Waals surface area contributed by atoms with Crippen molar-refractivity contribution in [1.29, 1.82) is 0 Å². The highest BCUT2D eigenvalue weighted by atomic mass is 16.7. The van der Waals surface area contributed by atoms with Crippen LogP contribution in [0.25, 0.3) is 0 Å². The third-order valence-electron chi connectivity index (χ3n) is 6.27. The summed E-state index contributed by atoms with van der Waals surface area (Å²) < 4.78 is 17.4. The molecule has 0 bridgehead atoms. The Hall–Kier alpha value is -1.05. The molecule has 0 radical (unpaired) electrons. The van der Waals surface area contributed by atoms with E-state index in [0.717, 1.165) is 0 Å². The van der Waals surface area contributed by atoms with Gasteiger partial charge in [-0.25, -0.2) is 0 Å². The molecule has 1 saturated heterocycles. The molecule has 16 N–H and O–H groups in total. The number of hydrogen-bond acceptors (Lipinski definition) is 14. The van der Waals surface area contributed by atoms with Crippen LogP contribution in [0.5, 0.6) is 0 Å². The molecule has 2 aliphatic rings. The molecule has 1 saturated carbocycles. The predicted molar refractivity (Wildman–Crippen MR) is 124 cm³/mol. The van der Waals surface area contributed by atoms with Crippen LogP contribution < -0.4 is 39.3 Å². The molecule has 0 spiro atoms. The van der Waals surface area contributed by atoms with Gasteiger partial charge in [-0.05, 0) is 19.4 Å². The minimum absolute atomic E-state index is 0.0703. The van der Waals surface area contributed by atoms with Gasteiger partial charge in [0.1, 0.15) is 42.7 Å². The van der Waals surface area contributed by atoms with Gasteiger partial charge in [-0.15, -0.1) is 0 Å². The van der Waals surface area contributed by atoms with Crippen molar-refractivity contribution in [1.82, 2.24) is 10.6 Å². The lowest BCUT2D eigenvalue weighted by atomic mass is 9.83. The minimum atomic E-state index is -1.36. The molecule has 2 fully saturated rings. The molecule has 15 nitrogen and oxygen atoms in total.